The third kappa shape index (κ3) is 4.38. The molecule has 5 rings (SSSR count). The first-order valence-electron chi connectivity index (χ1n) is 10.4. The molecule has 0 spiro atoms. The Kier molecular flexibility index (Phi) is 5.37. The zero-order valence-electron chi connectivity index (χ0n) is 17.6. The number of alkyl halides is 3. The predicted octanol–water partition coefficient (Wildman–Crippen LogP) is 5.23. The first-order chi connectivity index (χ1) is 16.6. The van der Waals surface area contributed by atoms with Gasteiger partial charge in [-0.15, -0.1) is 0 Å². The number of carboxylic acids is 1. The minimum atomic E-state index is -4.57. The van der Waals surface area contributed by atoms with Crippen molar-refractivity contribution in [1.29, 1.82) is 0 Å². The second kappa shape index (κ2) is 8.29. The molecule has 180 valence electrons. The first kappa shape index (κ1) is 22.7. The Morgan fingerprint density at radius 1 is 1.03 bits per heavy atom. The summed E-state index contributed by atoms with van der Waals surface area (Å²) in [6.07, 6.45) is -1.58. The molecule has 12 heteroatoms. The van der Waals surface area contributed by atoms with Gasteiger partial charge < -0.3 is 14.8 Å². The number of rotatable bonds is 5. The topological polar surface area (TPSA) is 101 Å². The van der Waals surface area contributed by atoms with Crippen LogP contribution in [0.2, 0.25) is 0 Å². The van der Waals surface area contributed by atoms with Crippen LogP contribution in [0.5, 0.6) is 6.01 Å². The molecular formula is C23H15F5N4O3. The van der Waals surface area contributed by atoms with Gasteiger partial charge in [0.15, 0.2) is 0 Å². The van der Waals surface area contributed by atoms with Gasteiger partial charge in [-0.25, -0.2) is 23.7 Å². The number of nitrogens with zero attached hydrogens (tertiary/aromatic N) is 3. The standard InChI is InChI=1S/C23H15F5N4O3/c24-15-5-10(12-8-29-22(30-9-12)35-14-3-11(4-14)21(33)34)6-16(25)19(15)20-31-17-2-1-13(23(26,27)28)7-18(17)32-20/h1-2,5-9,11,14H,3-4H2,(H,31,32)(H,33,34)/t11-,14+. The summed E-state index contributed by atoms with van der Waals surface area (Å²) in [5.74, 6) is -3.56. The Bertz CT molecular complexity index is 1410. The minimum Gasteiger partial charge on any atom is -0.481 e. The third-order valence-corrected chi connectivity index (χ3v) is 5.77. The number of aromatic amines is 1. The van der Waals surface area contributed by atoms with E-state index in [0.29, 0.717) is 12.8 Å². The van der Waals surface area contributed by atoms with Crippen LogP contribution in [0.3, 0.4) is 0 Å². The Morgan fingerprint density at radius 2 is 1.69 bits per heavy atom. The molecule has 1 aliphatic rings. The highest BCUT2D eigenvalue weighted by molar-refractivity contribution is 5.81. The number of carboxylic acid groups (broad SMARTS) is 1. The molecule has 1 fully saturated rings. The van der Waals surface area contributed by atoms with Crippen molar-refractivity contribution in [3.63, 3.8) is 0 Å². The van der Waals surface area contributed by atoms with Gasteiger partial charge in [-0.2, -0.15) is 13.2 Å². The lowest BCUT2D eigenvalue weighted by Gasteiger charge is -2.31. The molecule has 2 aromatic heterocycles. The van der Waals surface area contributed by atoms with E-state index in [9.17, 15) is 26.7 Å². The number of carbonyl (C=O) groups is 1. The van der Waals surface area contributed by atoms with Gasteiger partial charge in [0.1, 0.15) is 23.6 Å². The first-order valence-corrected chi connectivity index (χ1v) is 10.4. The molecule has 4 aromatic rings. The zero-order chi connectivity index (χ0) is 24.9. The second-order valence-corrected chi connectivity index (χ2v) is 8.13. The number of imidazole rings is 1. The largest absolute Gasteiger partial charge is 0.481 e. The molecule has 2 heterocycles. The molecule has 0 atom stereocenters. The van der Waals surface area contributed by atoms with Crippen molar-refractivity contribution >= 4 is 17.0 Å². The van der Waals surface area contributed by atoms with Gasteiger partial charge in [-0.05, 0) is 48.7 Å². The summed E-state index contributed by atoms with van der Waals surface area (Å²) in [5, 5.41) is 8.90. The summed E-state index contributed by atoms with van der Waals surface area (Å²) < 4.78 is 74.1. The number of H-pyrrole nitrogens is 1. The molecule has 7 nitrogen and oxygen atoms in total. The molecule has 35 heavy (non-hydrogen) atoms. The Labute approximate surface area is 193 Å². The number of benzene rings is 2. The maximum atomic E-state index is 14.9. The average molecular weight is 490 g/mol. The van der Waals surface area contributed by atoms with Crippen LogP contribution in [0.15, 0.2) is 42.7 Å². The van der Waals surface area contributed by atoms with Crippen LogP contribution in [0.25, 0.3) is 33.5 Å². The fourth-order valence-corrected chi connectivity index (χ4v) is 3.81. The number of halogens is 5. The van der Waals surface area contributed by atoms with Gasteiger partial charge in [0, 0.05) is 18.0 Å². The number of aliphatic carboxylic acids is 1. The molecule has 0 amide bonds. The highest BCUT2D eigenvalue weighted by atomic mass is 19.4. The van der Waals surface area contributed by atoms with Gasteiger partial charge in [0.25, 0.3) is 0 Å². The van der Waals surface area contributed by atoms with E-state index >= 15 is 0 Å². The van der Waals surface area contributed by atoms with E-state index < -0.39 is 40.8 Å². The van der Waals surface area contributed by atoms with Crippen LogP contribution >= 0.6 is 0 Å². The minimum absolute atomic E-state index is 0.0113. The predicted molar refractivity (Wildman–Crippen MR) is 112 cm³/mol. The summed E-state index contributed by atoms with van der Waals surface area (Å²) in [6.45, 7) is 0. The molecule has 0 aliphatic heterocycles. The van der Waals surface area contributed by atoms with E-state index in [1.165, 1.54) is 12.4 Å². The Morgan fingerprint density at radius 3 is 2.29 bits per heavy atom. The van der Waals surface area contributed by atoms with Crippen molar-refractivity contribution in [3.05, 3.63) is 59.9 Å². The highest BCUT2D eigenvalue weighted by Gasteiger charge is 2.36. The average Bonchev–Trinajstić information content (AvgIpc) is 3.17. The number of hydrogen-bond donors (Lipinski definition) is 2. The lowest BCUT2D eigenvalue weighted by molar-refractivity contribution is -0.148. The molecular weight excluding hydrogens is 475 g/mol. The van der Waals surface area contributed by atoms with E-state index in [0.717, 1.165) is 30.3 Å². The second-order valence-electron chi connectivity index (χ2n) is 8.13. The lowest BCUT2D eigenvalue weighted by atomic mass is 9.82. The van der Waals surface area contributed by atoms with Crippen molar-refractivity contribution in [2.75, 3.05) is 0 Å². The van der Waals surface area contributed by atoms with E-state index in [2.05, 4.69) is 19.9 Å². The van der Waals surface area contributed by atoms with Crippen molar-refractivity contribution in [2.24, 2.45) is 5.92 Å². The number of fused-ring (bicyclic) bond motifs is 1. The van der Waals surface area contributed by atoms with Crippen LogP contribution in [0.1, 0.15) is 18.4 Å². The van der Waals surface area contributed by atoms with E-state index in [-0.39, 0.29) is 40.1 Å². The number of ether oxygens (including phenoxy) is 1. The fraction of sp³-hybridized carbons (Fsp3) is 0.217. The molecule has 0 saturated heterocycles. The van der Waals surface area contributed by atoms with Crippen molar-refractivity contribution in [1.82, 2.24) is 19.9 Å². The van der Waals surface area contributed by atoms with Crippen LogP contribution < -0.4 is 4.74 Å². The molecule has 2 N–H and O–H groups in total. The smallest absolute Gasteiger partial charge is 0.416 e. The summed E-state index contributed by atoms with van der Waals surface area (Å²) in [6, 6.07) is 4.87. The molecule has 2 aromatic carbocycles. The van der Waals surface area contributed by atoms with Gasteiger partial charge in [0.05, 0.1) is 28.1 Å². The summed E-state index contributed by atoms with van der Waals surface area (Å²) in [4.78, 5) is 25.4. The van der Waals surface area contributed by atoms with Crippen LogP contribution in [0, 0.1) is 17.6 Å². The number of nitrogens with one attached hydrogen (secondary N) is 1. The lowest BCUT2D eigenvalue weighted by Crippen LogP contribution is -2.38. The maximum Gasteiger partial charge on any atom is 0.416 e. The third-order valence-electron chi connectivity index (χ3n) is 5.77. The van der Waals surface area contributed by atoms with Gasteiger partial charge in [-0.1, -0.05) is 0 Å². The Balaban J connectivity index is 1.38. The van der Waals surface area contributed by atoms with Crippen LogP contribution in [-0.2, 0) is 11.0 Å². The summed E-state index contributed by atoms with van der Waals surface area (Å²) in [5.41, 5.74) is -0.900. The van der Waals surface area contributed by atoms with Gasteiger partial charge in [0.2, 0.25) is 0 Å². The fourth-order valence-electron chi connectivity index (χ4n) is 3.81. The quantitative estimate of drug-likeness (QED) is 0.372. The van der Waals surface area contributed by atoms with Crippen molar-refractivity contribution in [2.45, 2.75) is 25.1 Å². The molecule has 1 saturated carbocycles. The summed E-state index contributed by atoms with van der Waals surface area (Å²) in [7, 11) is 0. The van der Waals surface area contributed by atoms with Gasteiger partial charge >= 0.3 is 18.2 Å². The molecule has 0 unspecified atom stereocenters. The molecule has 0 bridgehead atoms. The molecule has 1 aliphatic carbocycles. The number of aromatic nitrogens is 4. The Hall–Kier alpha value is -4.09. The van der Waals surface area contributed by atoms with E-state index in [1.54, 1.807) is 0 Å². The molecule has 0 radical (unpaired) electrons. The maximum absolute atomic E-state index is 14.9. The van der Waals surface area contributed by atoms with E-state index in [4.69, 9.17) is 9.84 Å². The van der Waals surface area contributed by atoms with Gasteiger partial charge in [-0.3, -0.25) is 4.79 Å². The number of hydrogen-bond acceptors (Lipinski definition) is 5. The SMILES string of the molecule is O=C(O)[C@H]1C[C@@H](Oc2ncc(-c3cc(F)c(-c4nc5ccc(C(F)(F)F)cc5[nH]4)c(F)c3)cn2)C1. The monoisotopic (exact) mass is 490 g/mol. The zero-order valence-corrected chi connectivity index (χ0v) is 17.6. The highest BCUT2D eigenvalue weighted by Crippen LogP contribution is 2.34. The van der Waals surface area contributed by atoms with Crippen molar-refractivity contribution in [3.8, 4) is 28.5 Å². The summed E-state index contributed by atoms with van der Waals surface area (Å²) >= 11 is 0. The van der Waals surface area contributed by atoms with Crippen LogP contribution in [-0.4, -0.2) is 37.1 Å². The van der Waals surface area contributed by atoms with Crippen LogP contribution in [0.4, 0.5) is 22.0 Å². The normalized spacial score (nSPS) is 17.9. The van der Waals surface area contributed by atoms with Crippen molar-refractivity contribution < 1.29 is 36.6 Å². The van der Waals surface area contributed by atoms with E-state index in [1.807, 2.05) is 0 Å².